The third kappa shape index (κ3) is 5.60. The minimum Gasteiger partial charge on any atom is -0.354 e. The smallest absolute Gasteiger partial charge is 0.252 e. The topological polar surface area (TPSA) is 58.2 Å². The summed E-state index contributed by atoms with van der Waals surface area (Å²) in [6.45, 7) is 6.22. The summed E-state index contributed by atoms with van der Waals surface area (Å²) in [6.07, 6.45) is 0.708. The zero-order chi connectivity index (χ0) is 19.1. The Labute approximate surface area is 159 Å². The highest BCUT2D eigenvalue weighted by Gasteiger charge is 2.24. The van der Waals surface area contributed by atoms with Gasteiger partial charge >= 0.3 is 0 Å². The van der Waals surface area contributed by atoms with Crippen molar-refractivity contribution in [2.24, 2.45) is 5.92 Å². The van der Waals surface area contributed by atoms with Gasteiger partial charge in [0.2, 0.25) is 5.91 Å². The van der Waals surface area contributed by atoms with Crippen molar-refractivity contribution in [3.05, 3.63) is 70.2 Å². The first-order valence-electron chi connectivity index (χ1n) is 8.77. The van der Waals surface area contributed by atoms with Crippen molar-refractivity contribution in [1.82, 2.24) is 10.6 Å². The number of halogens is 1. The zero-order valence-corrected chi connectivity index (χ0v) is 16.1. The van der Waals surface area contributed by atoms with Crippen molar-refractivity contribution >= 4 is 23.4 Å². The lowest BCUT2D eigenvalue weighted by Gasteiger charge is -2.22. The lowest BCUT2D eigenvalue weighted by Crippen LogP contribution is -2.50. The standard InChI is InChI=1S/C21H25ClN2O2/c1-14(2)19(24-20(25)18-7-5-4-6-15(18)3)21(26)23-13-12-16-8-10-17(22)11-9-16/h4-11,14,19H,12-13H2,1-3H3,(H,23,26)(H,24,25)/t19-/m0/s1. The van der Waals surface area contributed by atoms with E-state index in [4.69, 9.17) is 11.6 Å². The van der Waals surface area contributed by atoms with E-state index in [1.54, 1.807) is 6.07 Å². The van der Waals surface area contributed by atoms with Crippen molar-refractivity contribution in [2.75, 3.05) is 6.54 Å². The summed E-state index contributed by atoms with van der Waals surface area (Å²) in [5.41, 5.74) is 2.57. The van der Waals surface area contributed by atoms with Crippen LogP contribution in [0.5, 0.6) is 0 Å². The number of hydrogen-bond acceptors (Lipinski definition) is 2. The summed E-state index contributed by atoms with van der Waals surface area (Å²) < 4.78 is 0. The van der Waals surface area contributed by atoms with Gasteiger partial charge in [-0.25, -0.2) is 0 Å². The fourth-order valence-corrected chi connectivity index (χ4v) is 2.80. The molecular weight excluding hydrogens is 348 g/mol. The molecule has 0 aliphatic heterocycles. The second kappa shape index (κ2) is 9.39. The highest BCUT2D eigenvalue weighted by atomic mass is 35.5. The third-order valence-electron chi connectivity index (χ3n) is 4.25. The fourth-order valence-electron chi connectivity index (χ4n) is 2.67. The predicted octanol–water partition coefficient (Wildman–Crippen LogP) is 3.76. The van der Waals surface area contributed by atoms with Crippen LogP contribution in [0.1, 0.15) is 35.3 Å². The van der Waals surface area contributed by atoms with Crippen molar-refractivity contribution in [1.29, 1.82) is 0 Å². The van der Waals surface area contributed by atoms with E-state index in [9.17, 15) is 9.59 Å². The highest BCUT2D eigenvalue weighted by Crippen LogP contribution is 2.11. The molecule has 2 N–H and O–H groups in total. The first-order valence-corrected chi connectivity index (χ1v) is 9.15. The molecule has 2 aromatic carbocycles. The van der Waals surface area contributed by atoms with E-state index in [2.05, 4.69) is 10.6 Å². The Morgan fingerprint density at radius 2 is 1.69 bits per heavy atom. The molecule has 0 aliphatic carbocycles. The number of carbonyl (C=O) groups is 2. The van der Waals surface area contributed by atoms with Gasteiger partial charge in [-0.15, -0.1) is 0 Å². The first-order chi connectivity index (χ1) is 12.4. The molecule has 1 atom stereocenters. The van der Waals surface area contributed by atoms with Crippen molar-refractivity contribution in [3.63, 3.8) is 0 Å². The van der Waals surface area contributed by atoms with E-state index in [0.29, 0.717) is 23.6 Å². The molecule has 0 aliphatic rings. The molecule has 0 saturated carbocycles. The monoisotopic (exact) mass is 372 g/mol. The summed E-state index contributed by atoms with van der Waals surface area (Å²) in [7, 11) is 0. The van der Waals surface area contributed by atoms with E-state index >= 15 is 0 Å². The van der Waals surface area contributed by atoms with Gasteiger partial charge in [0.15, 0.2) is 0 Å². The Kier molecular flexibility index (Phi) is 7.22. The van der Waals surface area contributed by atoms with E-state index in [1.807, 2.05) is 63.2 Å². The van der Waals surface area contributed by atoms with E-state index in [1.165, 1.54) is 0 Å². The molecule has 5 heteroatoms. The van der Waals surface area contributed by atoms with Gasteiger partial charge in [0.05, 0.1) is 0 Å². The lowest BCUT2D eigenvalue weighted by molar-refractivity contribution is -0.123. The predicted molar refractivity (Wildman–Crippen MR) is 105 cm³/mol. The molecule has 0 fully saturated rings. The highest BCUT2D eigenvalue weighted by molar-refractivity contribution is 6.30. The minimum absolute atomic E-state index is 0.0153. The average molecular weight is 373 g/mol. The van der Waals surface area contributed by atoms with Crippen LogP contribution in [0.15, 0.2) is 48.5 Å². The summed E-state index contributed by atoms with van der Waals surface area (Å²) in [5.74, 6) is -0.413. The second-order valence-electron chi connectivity index (χ2n) is 6.68. The van der Waals surface area contributed by atoms with Crippen LogP contribution in [0, 0.1) is 12.8 Å². The number of benzene rings is 2. The molecule has 4 nitrogen and oxygen atoms in total. The molecule has 0 radical (unpaired) electrons. The second-order valence-corrected chi connectivity index (χ2v) is 7.11. The van der Waals surface area contributed by atoms with Gasteiger partial charge in [-0.2, -0.15) is 0 Å². The maximum atomic E-state index is 12.5. The number of aryl methyl sites for hydroxylation is 1. The zero-order valence-electron chi connectivity index (χ0n) is 15.4. The first kappa shape index (κ1) is 20.0. The summed E-state index contributed by atoms with van der Waals surface area (Å²) >= 11 is 5.87. The molecule has 0 heterocycles. The van der Waals surface area contributed by atoms with Crippen molar-refractivity contribution < 1.29 is 9.59 Å². The molecule has 0 unspecified atom stereocenters. The van der Waals surface area contributed by atoms with Gasteiger partial charge in [-0.05, 0) is 48.6 Å². The van der Waals surface area contributed by atoms with Gasteiger partial charge < -0.3 is 10.6 Å². The van der Waals surface area contributed by atoms with Gasteiger partial charge in [0.1, 0.15) is 6.04 Å². The molecule has 2 aromatic rings. The third-order valence-corrected chi connectivity index (χ3v) is 4.50. The fraction of sp³-hybridized carbons (Fsp3) is 0.333. The van der Waals surface area contributed by atoms with Crippen LogP contribution in [-0.2, 0) is 11.2 Å². The minimum atomic E-state index is -0.577. The summed E-state index contributed by atoms with van der Waals surface area (Å²) in [4.78, 5) is 25.0. The normalized spacial score (nSPS) is 11.9. The Morgan fingerprint density at radius 1 is 1.04 bits per heavy atom. The molecular formula is C21H25ClN2O2. The van der Waals surface area contributed by atoms with E-state index < -0.39 is 6.04 Å². The van der Waals surface area contributed by atoms with Crippen LogP contribution < -0.4 is 10.6 Å². The Bertz CT molecular complexity index is 757. The molecule has 0 bridgehead atoms. The van der Waals surface area contributed by atoms with Gasteiger partial charge in [0.25, 0.3) is 5.91 Å². The van der Waals surface area contributed by atoms with Crippen molar-refractivity contribution in [2.45, 2.75) is 33.2 Å². The molecule has 0 aromatic heterocycles. The maximum absolute atomic E-state index is 12.5. The molecule has 26 heavy (non-hydrogen) atoms. The number of hydrogen-bond donors (Lipinski definition) is 2. The van der Waals surface area contributed by atoms with Crippen LogP contribution >= 0.6 is 11.6 Å². The maximum Gasteiger partial charge on any atom is 0.252 e. The molecule has 0 saturated heterocycles. The number of amides is 2. The van der Waals surface area contributed by atoms with Crippen LogP contribution in [-0.4, -0.2) is 24.4 Å². The van der Waals surface area contributed by atoms with Crippen LogP contribution in [0.25, 0.3) is 0 Å². The van der Waals surface area contributed by atoms with Crippen molar-refractivity contribution in [3.8, 4) is 0 Å². The number of carbonyl (C=O) groups excluding carboxylic acids is 2. The Hall–Kier alpha value is -2.33. The molecule has 2 amide bonds. The number of nitrogens with one attached hydrogen (secondary N) is 2. The summed E-state index contributed by atoms with van der Waals surface area (Å²) in [5, 5.41) is 6.46. The molecule has 2 rings (SSSR count). The quantitative estimate of drug-likeness (QED) is 0.777. The van der Waals surface area contributed by atoms with Crippen LogP contribution in [0.2, 0.25) is 5.02 Å². The van der Waals surface area contributed by atoms with Crippen LogP contribution in [0.3, 0.4) is 0 Å². The van der Waals surface area contributed by atoms with Gasteiger partial charge in [-0.3, -0.25) is 9.59 Å². The van der Waals surface area contributed by atoms with Gasteiger partial charge in [-0.1, -0.05) is 55.8 Å². The molecule has 0 spiro atoms. The summed E-state index contributed by atoms with van der Waals surface area (Å²) in [6, 6.07) is 14.3. The lowest BCUT2D eigenvalue weighted by atomic mass is 10.0. The van der Waals surface area contributed by atoms with E-state index in [-0.39, 0.29) is 17.7 Å². The Balaban J connectivity index is 1.93. The SMILES string of the molecule is Cc1ccccc1C(=O)N[C@H](C(=O)NCCc1ccc(Cl)cc1)C(C)C. The largest absolute Gasteiger partial charge is 0.354 e. The Morgan fingerprint density at radius 3 is 2.31 bits per heavy atom. The molecule has 138 valence electrons. The average Bonchev–Trinajstić information content (AvgIpc) is 2.61. The van der Waals surface area contributed by atoms with Gasteiger partial charge in [0, 0.05) is 17.1 Å². The van der Waals surface area contributed by atoms with E-state index in [0.717, 1.165) is 11.1 Å². The van der Waals surface area contributed by atoms with Crippen LogP contribution in [0.4, 0.5) is 0 Å². The number of rotatable bonds is 7.